The van der Waals surface area contributed by atoms with Crippen molar-refractivity contribution < 1.29 is 4.73 Å². The summed E-state index contributed by atoms with van der Waals surface area (Å²) in [5, 5.41) is 11.4. The van der Waals surface area contributed by atoms with Gasteiger partial charge in [0.25, 0.3) is 5.03 Å². The quantitative estimate of drug-likeness (QED) is 0.383. The Labute approximate surface area is 73.4 Å². The minimum atomic E-state index is 0.158. The third-order valence-corrected chi connectivity index (χ3v) is 1.99. The number of hydrogen-bond acceptors (Lipinski definition) is 2. The van der Waals surface area contributed by atoms with E-state index in [1.54, 1.807) is 0 Å². The maximum Gasteiger partial charge on any atom is 0.267 e. The molecular weight excluding hydrogens is 193 g/mol. The fourth-order valence-corrected chi connectivity index (χ4v) is 1.08. The summed E-state index contributed by atoms with van der Waals surface area (Å²) in [6.45, 7) is 0. The van der Waals surface area contributed by atoms with Gasteiger partial charge < -0.3 is 5.21 Å². The number of rotatable bonds is 0. The number of aromatic nitrogens is 1. The SMILES string of the molecule is [O-][n+]1cc(Cl)cc(Cl)c1S. The number of pyridine rings is 1. The zero-order chi connectivity index (χ0) is 7.72. The van der Waals surface area contributed by atoms with Crippen molar-refractivity contribution in [1.82, 2.24) is 0 Å². The molecule has 0 spiro atoms. The Morgan fingerprint density at radius 1 is 1.50 bits per heavy atom. The fourth-order valence-electron chi connectivity index (χ4n) is 0.501. The van der Waals surface area contributed by atoms with Crippen molar-refractivity contribution in [2.24, 2.45) is 0 Å². The first-order chi connectivity index (χ1) is 4.61. The summed E-state index contributed by atoms with van der Waals surface area (Å²) in [6.07, 6.45) is 1.19. The minimum absolute atomic E-state index is 0.158. The van der Waals surface area contributed by atoms with Crippen LogP contribution in [0.25, 0.3) is 0 Å². The van der Waals surface area contributed by atoms with E-state index in [-0.39, 0.29) is 10.0 Å². The lowest BCUT2D eigenvalue weighted by atomic mass is 10.5. The molecule has 0 atom stereocenters. The van der Waals surface area contributed by atoms with E-state index in [4.69, 9.17) is 23.2 Å². The van der Waals surface area contributed by atoms with Crippen LogP contribution in [0.15, 0.2) is 17.3 Å². The van der Waals surface area contributed by atoms with Crippen molar-refractivity contribution in [3.8, 4) is 0 Å². The molecule has 10 heavy (non-hydrogen) atoms. The Kier molecular flexibility index (Phi) is 2.28. The van der Waals surface area contributed by atoms with Crippen LogP contribution < -0.4 is 4.73 Å². The second kappa shape index (κ2) is 2.86. The Balaban J connectivity index is 3.31. The van der Waals surface area contributed by atoms with E-state index in [1.807, 2.05) is 0 Å². The van der Waals surface area contributed by atoms with Gasteiger partial charge in [-0.15, -0.1) is 0 Å². The van der Waals surface area contributed by atoms with E-state index in [2.05, 4.69) is 12.6 Å². The predicted molar refractivity (Wildman–Crippen MR) is 42.7 cm³/mol. The number of halogens is 2. The average molecular weight is 196 g/mol. The molecule has 2 nitrogen and oxygen atoms in total. The van der Waals surface area contributed by atoms with E-state index >= 15 is 0 Å². The highest BCUT2D eigenvalue weighted by molar-refractivity contribution is 7.80. The van der Waals surface area contributed by atoms with E-state index < -0.39 is 0 Å². The van der Waals surface area contributed by atoms with Crippen molar-refractivity contribution in [1.29, 1.82) is 0 Å². The Morgan fingerprint density at radius 2 is 2.10 bits per heavy atom. The van der Waals surface area contributed by atoms with Gasteiger partial charge in [0.1, 0.15) is 10.0 Å². The molecular formula is C5H3Cl2NOS. The van der Waals surface area contributed by atoms with Crippen LogP contribution in [-0.2, 0) is 0 Å². The summed E-state index contributed by atoms with van der Waals surface area (Å²) in [5.74, 6) is 0. The van der Waals surface area contributed by atoms with Gasteiger partial charge in [-0.25, -0.2) is 0 Å². The van der Waals surface area contributed by atoms with Crippen LogP contribution in [0.4, 0.5) is 0 Å². The molecule has 1 aromatic heterocycles. The zero-order valence-electron chi connectivity index (χ0n) is 4.71. The minimum Gasteiger partial charge on any atom is -0.618 e. The maximum atomic E-state index is 10.7. The standard InChI is InChI=1S/C5H3Cl2NOS/c6-3-1-4(7)5(10)8(9)2-3/h1-2,10H. The largest absolute Gasteiger partial charge is 0.618 e. The molecule has 0 fully saturated rings. The van der Waals surface area contributed by atoms with Gasteiger partial charge in [0.2, 0.25) is 0 Å². The topological polar surface area (TPSA) is 26.9 Å². The molecule has 54 valence electrons. The Hall–Kier alpha value is -0.120. The first-order valence-corrected chi connectivity index (χ1v) is 3.59. The van der Waals surface area contributed by atoms with E-state index in [1.165, 1.54) is 12.3 Å². The third-order valence-electron chi connectivity index (χ3n) is 0.928. The van der Waals surface area contributed by atoms with Gasteiger partial charge in [-0.05, 0) is 6.07 Å². The number of hydrogen-bond donors (Lipinski definition) is 1. The third kappa shape index (κ3) is 1.48. The lowest BCUT2D eigenvalue weighted by Crippen LogP contribution is -2.27. The van der Waals surface area contributed by atoms with Crippen molar-refractivity contribution in [2.75, 3.05) is 0 Å². The molecule has 0 aliphatic rings. The first kappa shape index (κ1) is 7.98. The van der Waals surface area contributed by atoms with Crippen LogP contribution in [0.2, 0.25) is 10.0 Å². The lowest BCUT2D eigenvalue weighted by molar-refractivity contribution is -0.644. The molecule has 1 rings (SSSR count). The van der Waals surface area contributed by atoms with Crippen molar-refractivity contribution >= 4 is 35.8 Å². The predicted octanol–water partition coefficient (Wildman–Crippen LogP) is 1.92. The van der Waals surface area contributed by atoms with Crippen LogP contribution in [0.3, 0.4) is 0 Å². The summed E-state index contributed by atoms with van der Waals surface area (Å²) in [6, 6.07) is 1.46. The molecule has 1 aromatic rings. The normalized spacial score (nSPS) is 9.90. The van der Waals surface area contributed by atoms with Gasteiger partial charge in [-0.3, -0.25) is 0 Å². The Bertz CT molecular complexity index is 243. The van der Waals surface area contributed by atoms with E-state index in [0.29, 0.717) is 9.75 Å². The van der Waals surface area contributed by atoms with Crippen LogP contribution in [0, 0.1) is 5.21 Å². The highest BCUT2D eigenvalue weighted by atomic mass is 35.5. The number of nitrogens with zero attached hydrogens (tertiary/aromatic N) is 1. The van der Waals surface area contributed by atoms with Crippen LogP contribution in [0.1, 0.15) is 0 Å². The lowest BCUT2D eigenvalue weighted by Gasteiger charge is -1.99. The molecule has 0 aliphatic heterocycles. The first-order valence-electron chi connectivity index (χ1n) is 2.38. The second-order valence-corrected chi connectivity index (χ2v) is 2.92. The summed E-state index contributed by atoms with van der Waals surface area (Å²) in [5.41, 5.74) is 0. The highest BCUT2D eigenvalue weighted by Gasteiger charge is 2.06. The average Bonchev–Trinajstić information content (AvgIpc) is 1.82. The molecule has 5 heteroatoms. The highest BCUT2D eigenvalue weighted by Crippen LogP contribution is 2.18. The molecule has 0 unspecified atom stereocenters. The van der Waals surface area contributed by atoms with Gasteiger partial charge >= 0.3 is 0 Å². The summed E-state index contributed by atoms with van der Waals surface area (Å²) in [4.78, 5) is 0. The van der Waals surface area contributed by atoms with Crippen LogP contribution in [0.5, 0.6) is 0 Å². The van der Waals surface area contributed by atoms with Gasteiger partial charge in [0.05, 0.1) is 0 Å². The van der Waals surface area contributed by atoms with Gasteiger partial charge in [0.15, 0.2) is 6.20 Å². The molecule has 0 N–H and O–H groups in total. The van der Waals surface area contributed by atoms with Crippen LogP contribution >= 0.6 is 35.8 Å². The molecule has 0 radical (unpaired) electrons. The zero-order valence-corrected chi connectivity index (χ0v) is 7.12. The Morgan fingerprint density at radius 3 is 2.60 bits per heavy atom. The molecule has 0 saturated heterocycles. The second-order valence-electron chi connectivity index (χ2n) is 1.66. The molecule has 0 bridgehead atoms. The van der Waals surface area contributed by atoms with Gasteiger partial charge in [-0.1, -0.05) is 35.8 Å². The van der Waals surface area contributed by atoms with Gasteiger partial charge in [-0.2, -0.15) is 4.73 Å². The smallest absolute Gasteiger partial charge is 0.267 e. The number of thiol groups is 1. The van der Waals surface area contributed by atoms with Crippen LogP contribution in [-0.4, -0.2) is 0 Å². The molecule has 0 aromatic carbocycles. The summed E-state index contributed by atoms with van der Waals surface area (Å²) in [7, 11) is 0. The summed E-state index contributed by atoms with van der Waals surface area (Å²) < 4.78 is 0.508. The maximum absolute atomic E-state index is 10.7. The summed E-state index contributed by atoms with van der Waals surface area (Å²) >= 11 is 14.8. The van der Waals surface area contributed by atoms with Crippen molar-refractivity contribution in [3.63, 3.8) is 0 Å². The fraction of sp³-hybridized carbons (Fsp3) is 0. The van der Waals surface area contributed by atoms with Crippen molar-refractivity contribution in [2.45, 2.75) is 5.03 Å². The molecule has 0 aliphatic carbocycles. The monoisotopic (exact) mass is 195 g/mol. The van der Waals surface area contributed by atoms with Gasteiger partial charge in [0, 0.05) is 0 Å². The molecule has 0 saturated carbocycles. The van der Waals surface area contributed by atoms with Crippen molar-refractivity contribution in [3.05, 3.63) is 27.5 Å². The molecule has 0 amide bonds. The van der Waals surface area contributed by atoms with E-state index in [0.717, 1.165) is 0 Å². The molecule has 1 heterocycles. The van der Waals surface area contributed by atoms with E-state index in [9.17, 15) is 5.21 Å².